The van der Waals surface area contributed by atoms with E-state index in [9.17, 15) is 10.1 Å². The summed E-state index contributed by atoms with van der Waals surface area (Å²) < 4.78 is 0. The van der Waals surface area contributed by atoms with E-state index >= 15 is 0 Å². The highest BCUT2D eigenvalue weighted by molar-refractivity contribution is 5.57. The molecule has 1 aromatic rings. The molecule has 7 nitrogen and oxygen atoms in total. The summed E-state index contributed by atoms with van der Waals surface area (Å²) in [7, 11) is 0. The third kappa shape index (κ3) is 2.95. The lowest BCUT2D eigenvalue weighted by Crippen LogP contribution is -2.23. The number of nitrogen functional groups attached to an aromatic ring is 1. The number of hydrogen-bond donors (Lipinski definition) is 3. The van der Waals surface area contributed by atoms with Crippen molar-refractivity contribution in [1.82, 2.24) is 10.3 Å². The Bertz CT molecular complexity index is 486. The van der Waals surface area contributed by atoms with E-state index in [2.05, 4.69) is 21.7 Å². The van der Waals surface area contributed by atoms with E-state index in [1.165, 1.54) is 11.6 Å². The van der Waals surface area contributed by atoms with Crippen molar-refractivity contribution >= 4 is 17.3 Å². The van der Waals surface area contributed by atoms with Gasteiger partial charge in [0.15, 0.2) is 0 Å². The molecule has 0 saturated carbocycles. The summed E-state index contributed by atoms with van der Waals surface area (Å²) in [6.45, 7) is 2.54. The summed E-state index contributed by atoms with van der Waals surface area (Å²) in [5, 5.41) is 16.9. The molecule has 18 heavy (non-hydrogen) atoms. The molecule has 0 unspecified atom stereocenters. The van der Waals surface area contributed by atoms with Gasteiger partial charge in [-0.05, 0) is 19.0 Å². The van der Waals surface area contributed by atoms with Crippen LogP contribution in [0.2, 0.25) is 0 Å². The lowest BCUT2D eigenvalue weighted by atomic mass is 10.1. The van der Waals surface area contributed by atoms with E-state index in [-0.39, 0.29) is 11.5 Å². The number of pyridine rings is 1. The fourth-order valence-corrected chi connectivity index (χ4v) is 1.75. The van der Waals surface area contributed by atoms with Crippen molar-refractivity contribution in [2.75, 3.05) is 30.7 Å². The van der Waals surface area contributed by atoms with Gasteiger partial charge in [-0.1, -0.05) is 11.6 Å². The van der Waals surface area contributed by atoms with Crippen molar-refractivity contribution in [3.8, 4) is 0 Å². The SMILES string of the molecule is Nc1nc(NCC2=CCNCC2)ccc1[N+](=O)[O-]. The first kappa shape index (κ1) is 12.3. The maximum atomic E-state index is 10.6. The van der Waals surface area contributed by atoms with Crippen LogP contribution in [0.3, 0.4) is 0 Å². The zero-order valence-corrected chi connectivity index (χ0v) is 9.85. The summed E-state index contributed by atoms with van der Waals surface area (Å²) in [5.41, 5.74) is 6.65. The Morgan fingerprint density at radius 2 is 2.39 bits per heavy atom. The molecule has 1 aliphatic heterocycles. The Morgan fingerprint density at radius 3 is 3.00 bits per heavy atom. The van der Waals surface area contributed by atoms with E-state index in [1.807, 2.05) is 0 Å². The van der Waals surface area contributed by atoms with Gasteiger partial charge in [0.05, 0.1) is 4.92 Å². The van der Waals surface area contributed by atoms with Gasteiger partial charge in [0.1, 0.15) is 5.82 Å². The lowest BCUT2D eigenvalue weighted by Gasteiger charge is -2.14. The van der Waals surface area contributed by atoms with E-state index in [4.69, 9.17) is 5.73 Å². The first-order valence-electron chi connectivity index (χ1n) is 5.70. The third-order valence-corrected chi connectivity index (χ3v) is 2.75. The second kappa shape index (κ2) is 5.46. The van der Waals surface area contributed by atoms with Crippen molar-refractivity contribution in [2.24, 2.45) is 0 Å². The van der Waals surface area contributed by atoms with Gasteiger partial charge in [0.2, 0.25) is 5.82 Å². The Labute approximate surface area is 104 Å². The predicted octanol–water partition coefficient (Wildman–Crippen LogP) is 0.904. The first-order valence-corrected chi connectivity index (χ1v) is 5.70. The highest BCUT2D eigenvalue weighted by Gasteiger charge is 2.12. The summed E-state index contributed by atoms with van der Waals surface area (Å²) >= 11 is 0. The summed E-state index contributed by atoms with van der Waals surface area (Å²) in [4.78, 5) is 14.0. The maximum absolute atomic E-state index is 10.6. The summed E-state index contributed by atoms with van der Waals surface area (Å²) in [6, 6.07) is 2.93. The Morgan fingerprint density at radius 1 is 1.56 bits per heavy atom. The van der Waals surface area contributed by atoms with Gasteiger partial charge in [0.25, 0.3) is 0 Å². The molecular formula is C11H15N5O2. The minimum atomic E-state index is -0.540. The van der Waals surface area contributed by atoms with Crippen LogP contribution in [0.1, 0.15) is 6.42 Å². The van der Waals surface area contributed by atoms with Crippen LogP contribution in [-0.2, 0) is 0 Å². The molecule has 96 valence electrons. The van der Waals surface area contributed by atoms with Crippen molar-refractivity contribution < 1.29 is 4.92 Å². The largest absolute Gasteiger partial charge is 0.378 e. The Kier molecular flexibility index (Phi) is 3.73. The van der Waals surface area contributed by atoms with Crippen LogP contribution in [0.25, 0.3) is 0 Å². The number of nitrogens with one attached hydrogen (secondary N) is 2. The number of hydrogen-bond acceptors (Lipinski definition) is 6. The molecule has 0 saturated heterocycles. The van der Waals surface area contributed by atoms with E-state index in [0.29, 0.717) is 12.4 Å². The second-order valence-electron chi connectivity index (χ2n) is 4.03. The summed E-state index contributed by atoms with van der Waals surface area (Å²) in [6.07, 6.45) is 3.13. The van der Waals surface area contributed by atoms with E-state index in [0.717, 1.165) is 19.5 Å². The van der Waals surface area contributed by atoms with Gasteiger partial charge in [-0.2, -0.15) is 0 Å². The van der Waals surface area contributed by atoms with E-state index < -0.39 is 4.92 Å². The smallest absolute Gasteiger partial charge is 0.311 e. The van der Waals surface area contributed by atoms with Gasteiger partial charge >= 0.3 is 5.69 Å². The van der Waals surface area contributed by atoms with E-state index in [1.54, 1.807) is 6.07 Å². The molecule has 0 amide bonds. The fourth-order valence-electron chi connectivity index (χ4n) is 1.75. The van der Waals surface area contributed by atoms with Crippen LogP contribution in [0.15, 0.2) is 23.8 Å². The van der Waals surface area contributed by atoms with Crippen LogP contribution in [0.5, 0.6) is 0 Å². The molecule has 0 radical (unpaired) electrons. The topological polar surface area (TPSA) is 106 Å². The molecular weight excluding hydrogens is 234 g/mol. The van der Waals surface area contributed by atoms with Gasteiger partial charge in [-0.3, -0.25) is 10.1 Å². The zero-order chi connectivity index (χ0) is 13.0. The molecule has 0 bridgehead atoms. The lowest BCUT2D eigenvalue weighted by molar-refractivity contribution is -0.384. The monoisotopic (exact) mass is 249 g/mol. The molecule has 7 heteroatoms. The molecule has 0 aliphatic carbocycles. The Balaban J connectivity index is 1.99. The number of nitrogens with two attached hydrogens (primary N) is 1. The maximum Gasteiger partial charge on any atom is 0.311 e. The quantitative estimate of drug-likeness (QED) is 0.416. The summed E-state index contributed by atoms with van der Waals surface area (Å²) in [5.74, 6) is 0.488. The van der Waals surface area contributed by atoms with Gasteiger partial charge < -0.3 is 16.4 Å². The van der Waals surface area contributed by atoms with Crippen molar-refractivity contribution in [3.63, 3.8) is 0 Å². The van der Waals surface area contributed by atoms with Crippen molar-refractivity contribution in [1.29, 1.82) is 0 Å². The van der Waals surface area contributed by atoms with Crippen LogP contribution in [-0.4, -0.2) is 29.5 Å². The fraction of sp³-hybridized carbons (Fsp3) is 0.364. The molecule has 1 aliphatic rings. The molecule has 2 rings (SSSR count). The highest BCUT2D eigenvalue weighted by atomic mass is 16.6. The third-order valence-electron chi connectivity index (χ3n) is 2.75. The number of aromatic nitrogens is 1. The number of anilines is 2. The molecule has 1 aromatic heterocycles. The normalized spacial score (nSPS) is 15.0. The minimum Gasteiger partial charge on any atom is -0.378 e. The number of nitro groups is 1. The average Bonchev–Trinajstić information content (AvgIpc) is 2.37. The number of nitrogens with zero attached hydrogens (tertiary/aromatic N) is 2. The first-order chi connectivity index (χ1) is 8.66. The van der Waals surface area contributed by atoms with Gasteiger partial charge in [-0.25, -0.2) is 4.98 Å². The molecule has 0 aromatic carbocycles. The van der Waals surface area contributed by atoms with Crippen LogP contribution in [0.4, 0.5) is 17.3 Å². The molecule has 0 fully saturated rings. The van der Waals surface area contributed by atoms with Crippen LogP contribution < -0.4 is 16.4 Å². The molecule has 0 spiro atoms. The van der Waals surface area contributed by atoms with Gasteiger partial charge in [0, 0.05) is 19.2 Å². The molecule has 2 heterocycles. The number of rotatable bonds is 4. The van der Waals surface area contributed by atoms with Gasteiger partial charge in [-0.15, -0.1) is 0 Å². The van der Waals surface area contributed by atoms with Crippen molar-refractivity contribution in [2.45, 2.75) is 6.42 Å². The molecule has 4 N–H and O–H groups in total. The standard InChI is InChI=1S/C11H15N5O2/c12-11-9(16(17)18)1-2-10(15-11)14-7-8-3-5-13-6-4-8/h1-3,13H,4-7H2,(H3,12,14,15). The Hall–Kier alpha value is -2.15. The minimum absolute atomic E-state index is 0.0655. The van der Waals surface area contributed by atoms with Crippen LogP contribution in [0, 0.1) is 10.1 Å². The predicted molar refractivity (Wildman–Crippen MR) is 69.4 cm³/mol. The molecule has 0 atom stereocenters. The van der Waals surface area contributed by atoms with Crippen LogP contribution >= 0.6 is 0 Å². The highest BCUT2D eigenvalue weighted by Crippen LogP contribution is 2.20. The second-order valence-corrected chi connectivity index (χ2v) is 4.03. The zero-order valence-electron chi connectivity index (χ0n) is 9.85. The van der Waals surface area contributed by atoms with Crippen molar-refractivity contribution in [3.05, 3.63) is 33.9 Å². The average molecular weight is 249 g/mol.